The van der Waals surface area contributed by atoms with Crippen molar-refractivity contribution in [2.24, 2.45) is 0 Å². The van der Waals surface area contributed by atoms with E-state index in [1.165, 1.54) is 24.3 Å². The lowest BCUT2D eigenvalue weighted by Gasteiger charge is -2.01. The number of benzene rings is 1. The van der Waals surface area contributed by atoms with Gasteiger partial charge >= 0.3 is 0 Å². The van der Waals surface area contributed by atoms with Crippen LogP contribution in [0.2, 0.25) is 10.0 Å². The van der Waals surface area contributed by atoms with E-state index in [-0.39, 0.29) is 21.6 Å². The van der Waals surface area contributed by atoms with Crippen LogP contribution >= 0.6 is 23.2 Å². The lowest BCUT2D eigenvalue weighted by molar-refractivity contribution is -0.110. The van der Waals surface area contributed by atoms with Crippen LogP contribution in [0.4, 0.5) is 0 Å². The summed E-state index contributed by atoms with van der Waals surface area (Å²) in [6, 6.07) is 3.02. The maximum Gasteiger partial charge on any atom is 0.178 e. The van der Waals surface area contributed by atoms with Crippen LogP contribution in [0.3, 0.4) is 0 Å². The van der Waals surface area contributed by atoms with Gasteiger partial charge in [-0.3, -0.25) is 4.79 Å². The van der Waals surface area contributed by atoms with Crippen molar-refractivity contribution in [2.45, 2.75) is 0 Å². The van der Waals surface area contributed by atoms with Gasteiger partial charge < -0.3 is 5.11 Å². The number of rotatable bonds is 3. The zero-order chi connectivity index (χ0) is 11.4. The maximum atomic E-state index is 10.9. The van der Waals surface area contributed by atoms with E-state index in [4.69, 9.17) is 23.2 Å². The van der Waals surface area contributed by atoms with Crippen LogP contribution in [0.15, 0.2) is 30.9 Å². The van der Waals surface area contributed by atoms with Gasteiger partial charge in [0.05, 0.1) is 10.0 Å². The predicted octanol–water partition coefficient (Wildman–Crippen LogP) is 3.47. The van der Waals surface area contributed by atoms with Crippen molar-refractivity contribution in [3.63, 3.8) is 0 Å². The molecular formula is C11H8Cl2O2. The fourth-order valence-corrected chi connectivity index (χ4v) is 1.43. The molecule has 4 heteroatoms. The summed E-state index contributed by atoms with van der Waals surface area (Å²) >= 11 is 11.4. The molecule has 0 aliphatic heterocycles. The average Bonchev–Trinajstić information content (AvgIpc) is 2.22. The number of phenolic OH excluding ortho intramolecular Hbond substituents is 1. The number of carbonyl (C=O) groups is 1. The number of hydrogen-bond donors (Lipinski definition) is 1. The molecule has 0 heterocycles. The first-order chi connectivity index (χ1) is 7.04. The molecule has 78 valence electrons. The third-order valence-electron chi connectivity index (χ3n) is 1.68. The topological polar surface area (TPSA) is 37.3 Å². The van der Waals surface area contributed by atoms with Gasteiger partial charge in [0.25, 0.3) is 0 Å². The molecule has 0 aliphatic rings. The first kappa shape index (κ1) is 11.8. The van der Waals surface area contributed by atoms with Gasteiger partial charge in [0.1, 0.15) is 0 Å². The highest BCUT2D eigenvalue weighted by atomic mass is 35.5. The third-order valence-corrected chi connectivity index (χ3v) is 2.26. The Labute approximate surface area is 97.4 Å². The summed E-state index contributed by atoms with van der Waals surface area (Å²) in [6.45, 7) is 3.33. The molecule has 0 aliphatic carbocycles. The molecule has 0 radical (unpaired) electrons. The second kappa shape index (κ2) is 5.01. The average molecular weight is 243 g/mol. The van der Waals surface area contributed by atoms with Crippen molar-refractivity contribution in [3.8, 4) is 5.75 Å². The summed E-state index contributed by atoms with van der Waals surface area (Å²) in [4.78, 5) is 10.9. The Balaban J connectivity index is 3.02. The van der Waals surface area contributed by atoms with Crippen LogP contribution < -0.4 is 0 Å². The summed E-state index contributed by atoms with van der Waals surface area (Å²) in [7, 11) is 0. The van der Waals surface area contributed by atoms with E-state index in [0.717, 1.165) is 0 Å². The standard InChI is InChI=1S/C11H8Cl2O2/c1-2-8(14)4-3-7-5-9(12)11(15)10(13)6-7/h2-6,15H,1H2/b4-3+. The normalized spacial score (nSPS) is 10.5. The van der Waals surface area contributed by atoms with Gasteiger partial charge in [-0.2, -0.15) is 0 Å². The number of halogens is 2. The Bertz CT molecular complexity index is 413. The van der Waals surface area contributed by atoms with Gasteiger partial charge in [-0.25, -0.2) is 0 Å². The fourth-order valence-electron chi connectivity index (χ4n) is 0.928. The van der Waals surface area contributed by atoms with Crippen molar-refractivity contribution in [1.82, 2.24) is 0 Å². The summed E-state index contributed by atoms with van der Waals surface area (Å²) in [5, 5.41) is 9.58. The second-order valence-corrected chi connectivity index (χ2v) is 3.59. The van der Waals surface area contributed by atoms with Crippen molar-refractivity contribution in [1.29, 1.82) is 0 Å². The molecule has 0 atom stereocenters. The number of phenols is 1. The Kier molecular flexibility index (Phi) is 3.95. The molecule has 0 unspecified atom stereocenters. The molecule has 2 nitrogen and oxygen atoms in total. The van der Waals surface area contributed by atoms with Crippen molar-refractivity contribution in [3.05, 3.63) is 46.5 Å². The molecule has 0 amide bonds. The molecular weight excluding hydrogens is 235 g/mol. The summed E-state index contributed by atoms with van der Waals surface area (Å²) in [6.07, 6.45) is 4.08. The minimum Gasteiger partial charge on any atom is -0.505 e. The van der Waals surface area contributed by atoms with E-state index in [1.807, 2.05) is 0 Å². The highest BCUT2D eigenvalue weighted by Gasteiger charge is 2.04. The molecule has 0 bridgehead atoms. The molecule has 1 aromatic rings. The minimum absolute atomic E-state index is 0.146. The molecule has 15 heavy (non-hydrogen) atoms. The molecule has 0 saturated carbocycles. The lowest BCUT2D eigenvalue weighted by atomic mass is 10.2. The van der Waals surface area contributed by atoms with Gasteiger partial charge in [0.2, 0.25) is 0 Å². The monoisotopic (exact) mass is 242 g/mol. The van der Waals surface area contributed by atoms with Crippen LogP contribution in [0, 0.1) is 0 Å². The highest BCUT2D eigenvalue weighted by molar-refractivity contribution is 6.37. The van der Waals surface area contributed by atoms with Gasteiger partial charge in [-0.05, 0) is 29.8 Å². The zero-order valence-electron chi connectivity index (χ0n) is 7.71. The van der Waals surface area contributed by atoms with Crippen LogP contribution in [0.25, 0.3) is 6.08 Å². The number of hydrogen-bond acceptors (Lipinski definition) is 2. The molecule has 1 N–H and O–H groups in total. The fraction of sp³-hybridized carbons (Fsp3) is 0. The van der Waals surface area contributed by atoms with E-state index >= 15 is 0 Å². The first-order valence-corrected chi connectivity index (χ1v) is 4.82. The summed E-state index contributed by atoms with van der Waals surface area (Å²) in [5.74, 6) is -0.374. The third kappa shape index (κ3) is 3.11. The first-order valence-electron chi connectivity index (χ1n) is 4.07. The van der Waals surface area contributed by atoms with E-state index in [2.05, 4.69) is 6.58 Å². The molecule has 1 rings (SSSR count). The Morgan fingerprint density at radius 2 is 1.87 bits per heavy atom. The van der Waals surface area contributed by atoms with E-state index < -0.39 is 0 Å². The van der Waals surface area contributed by atoms with Crippen molar-refractivity contribution < 1.29 is 9.90 Å². The quantitative estimate of drug-likeness (QED) is 0.825. The number of carbonyl (C=O) groups excluding carboxylic acids is 1. The van der Waals surface area contributed by atoms with Gasteiger partial charge in [0, 0.05) is 0 Å². The maximum absolute atomic E-state index is 10.9. The van der Waals surface area contributed by atoms with Crippen LogP contribution in [0.1, 0.15) is 5.56 Å². The largest absolute Gasteiger partial charge is 0.505 e. The van der Waals surface area contributed by atoms with Crippen LogP contribution in [-0.4, -0.2) is 10.9 Å². The van der Waals surface area contributed by atoms with Crippen molar-refractivity contribution >= 4 is 35.1 Å². The van der Waals surface area contributed by atoms with E-state index in [1.54, 1.807) is 6.08 Å². The number of ketones is 1. The summed E-state index contributed by atoms with van der Waals surface area (Å²) < 4.78 is 0. The molecule has 1 aromatic carbocycles. The number of aromatic hydroxyl groups is 1. The highest BCUT2D eigenvalue weighted by Crippen LogP contribution is 2.32. The minimum atomic E-state index is -0.213. The predicted molar refractivity (Wildman–Crippen MR) is 62.4 cm³/mol. The van der Waals surface area contributed by atoms with Gasteiger partial charge in [0.15, 0.2) is 11.5 Å². The number of allylic oxidation sites excluding steroid dienone is 2. The lowest BCUT2D eigenvalue weighted by Crippen LogP contribution is -1.83. The molecule has 0 saturated heterocycles. The molecule has 0 spiro atoms. The smallest absolute Gasteiger partial charge is 0.178 e. The van der Waals surface area contributed by atoms with Gasteiger partial charge in [-0.1, -0.05) is 35.9 Å². The second-order valence-electron chi connectivity index (χ2n) is 2.77. The van der Waals surface area contributed by atoms with Gasteiger partial charge in [-0.15, -0.1) is 0 Å². The van der Waals surface area contributed by atoms with E-state index in [9.17, 15) is 9.90 Å². The summed E-state index contributed by atoms with van der Waals surface area (Å²) in [5.41, 5.74) is 0.637. The van der Waals surface area contributed by atoms with Crippen LogP contribution in [0.5, 0.6) is 5.75 Å². The molecule has 0 aromatic heterocycles. The Morgan fingerprint density at radius 1 is 1.33 bits per heavy atom. The zero-order valence-corrected chi connectivity index (χ0v) is 9.22. The SMILES string of the molecule is C=CC(=O)/C=C/c1cc(Cl)c(O)c(Cl)c1. The Hall–Kier alpha value is -1.25. The van der Waals surface area contributed by atoms with Crippen LogP contribution in [-0.2, 0) is 4.79 Å². The van der Waals surface area contributed by atoms with Crippen molar-refractivity contribution in [2.75, 3.05) is 0 Å². The molecule has 0 fully saturated rings. The Morgan fingerprint density at radius 3 is 2.33 bits per heavy atom. The van der Waals surface area contributed by atoms with E-state index in [0.29, 0.717) is 5.56 Å².